The van der Waals surface area contributed by atoms with Crippen LogP contribution in [0, 0.1) is 0 Å². The Labute approximate surface area is 144 Å². The molecule has 3 heterocycles. The van der Waals surface area contributed by atoms with Gasteiger partial charge in [0.25, 0.3) is 0 Å². The average molecular weight is 341 g/mol. The van der Waals surface area contributed by atoms with Gasteiger partial charge in [-0.3, -0.25) is 0 Å². The van der Waals surface area contributed by atoms with Gasteiger partial charge in [0.1, 0.15) is 0 Å². The van der Waals surface area contributed by atoms with Crippen LogP contribution >= 0.6 is 11.3 Å². The number of pyridine rings is 1. The fraction of sp³-hybridized carbons (Fsp3) is 0.235. The van der Waals surface area contributed by atoms with E-state index in [2.05, 4.69) is 15.4 Å². The molecule has 1 N–H and O–H groups in total. The van der Waals surface area contributed by atoms with Gasteiger partial charge in [0.2, 0.25) is 0 Å². The minimum Gasteiger partial charge on any atom is -0.334 e. The van der Waals surface area contributed by atoms with Crippen molar-refractivity contribution in [1.29, 1.82) is 0 Å². The van der Waals surface area contributed by atoms with E-state index in [1.54, 1.807) is 40.4 Å². The second-order valence-electron chi connectivity index (χ2n) is 5.43. The maximum Gasteiger partial charge on any atom is 0.317 e. The smallest absolute Gasteiger partial charge is 0.317 e. The first-order chi connectivity index (χ1) is 11.6. The van der Waals surface area contributed by atoms with E-state index in [-0.39, 0.29) is 12.1 Å². The highest BCUT2D eigenvalue weighted by Gasteiger charge is 2.17. The first kappa shape index (κ1) is 16.2. The predicted octanol–water partition coefficient (Wildman–Crippen LogP) is 3.23. The lowest BCUT2D eigenvalue weighted by molar-refractivity contribution is 0.194. The summed E-state index contributed by atoms with van der Waals surface area (Å²) in [4.78, 5) is 19.5. The Hall–Kier alpha value is -2.67. The highest BCUT2D eigenvalue weighted by molar-refractivity contribution is 7.10. The van der Waals surface area contributed by atoms with Crippen LogP contribution in [0.15, 0.2) is 54.3 Å². The first-order valence-electron chi connectivity index (χ1n) is 7.64. The highest BCUT2D eigenvalue weighted by atomic mass is 32.1. The van der Waals surface area contributed by atoms with Gasteiger partial charge < -0.3 is 10.2 Å². The van der Waals surface area contributed by atoms with Crippen LogP contribution in [0.5, 0.6) is 0 Å². The maximum absolute atomic E-state index is 12.4. The molecule has 1 unspecified atom stereocenters. The van der Waals surface area contributed by atoms with Gasteiger partial charge in [-0.05, 0) is 42.1 Å². The van der Waals surface area contributed by atoms with E-state index in [0.29, 0.717) is 6.54 Å². The van der Waals surface area contributed by atoms with E-state index in [4.69, 9.17) is 0 Å². The molecule has 6 nitrogen and oxygen atoms in total. The molecule has 0 bridgehead atoms. The van der Waals surface area contributed by atoms with E-state index >= 15 is 0 Å². The van der Waals surface area contributed by atoms with E-state index < -0.39 is 0 Å². The summed E-state index contributed by atoms with van der Waals surface area (Å²) in [5, 5.41) is 9.13. The van der Waals surface area contributed by atoms with Crippen LogP contribution in [-0.2, 0) is 6.54 Å². The Morgan fingerprint density at radius 3 is 2.96 bits per heavy atom. The topological polar surface area (TPSA) is 63.1 Å². The molecular weight excluding hydrogens is 322 g/mol. The molecule has 2 amide bonds. The molecule has 0 aliphatic rings. The Balaban J connectivity index is 1.61. The van der Waals surface area contributed by atoms with Crippen molar-refractivity contribution in [1.82, 2.24) is 25.0 Å². The molecule has 0 radical (unpaired) electrons. The third-order valence-corrected chi connectivity index (χ3v) is 4.89. The predicted molar refractivity (Wildman–Crippen MR) is 94.1 cm³/mol. The second kappa shape index (κ2) is 7.27. The molecule has 0 saturated carbocycles. The maximum atomic E-state index is 12.4. The van der Waals surface area contributed by atoms with Crippen molar-refractivity contribution in [2.24, 2.45) is 0 Å². The lowest BCUT2D eigenvalue weighted by Gasteiger charge is -2.24. The Bertz CT molecular complexity index is 785. The fourth-order valence-corrected chi connectivity index (χ4v) is 3.12. The number of carbonyl (C=O) groups excluding carboxylic acids is 1. The van der Waals surface area contributed by atoms with Gasteiger partial charge in [-0.15, -0.1) is 11.3 Å². The van der Waals surface area contributed by atoms with Crippen LogP contribution < -0.4 is 5.32 Å². The van der Waals surface area contributed by atoms with Crippen LogP contribution in [0.3, 0.4) is 0 Å². The standard InChI is InChI=1S/C17H19N5OS/c1-13(15-5-3-10-24-15)21(2)17(23)19-12-14-6-8-18-16(11-14)22-9-4-7-20-22/h3-11,13H,12H2,1-2H3,(H,19,23). The summed E-state index contributed by atoms with van der Waals surface area (Å²) < 4.78 is 1.69. The van der Waals surface area contributed by atoms with Crippen molar-refractivity contribution in [2.45, 2.75) is 19.5 Å². The summed E-state index contributed by atoms with van der Waals surface area (Å²) >= 11 is 1.65. The number of thiophene rings is 1. The molecule has 0 saturated heterocycles. The summed E-state index contributed by atoms with van der Waals surface area (Å²) in [6.07, 6.45) is 5.26. The number of aromatic nitrogens is 3. The zero-order chi connectivity index (χ0) is 16.9. The van der Waals surface area contributed by atoms with Gasteiger partial charge in [0, 0.05) is 37.1 Å². The van der Waals surface area contributed by atoms with Crippen molar-refractivity contribution < 1.29 is 4.79 Å². The van der Waals surface area contributed by atoms with Gasteiger partial charge in [0.05, 0.1) is 6.04 Å². The van der Waals surface area contributed by atoms with Crippen LogP contribution in [0.25, 0.3) is 5.82 Å². The van der Waals surface area contributed by atoms with Crippen LogP contribution in [0.1, 0.15) is 23.4 Å². The molecule has 3 aromatic heterocycles. The van der Waals surface area contributed by atoms with Gasteiger partial charge in [-0.2, -0.15) is 5.10 Å². The molecule has 3 rings (SSSR count). The van der Waals surface area contributed by atoms with Gasteiger partial charge in [-0.1, -0.05) is 6.07 Å². The minimum atomic E-state index is -0.103. The van der Waals surface area contributed by atoms with Crippen molar-refractivity contribution in [3.8, 4) is 5.82 Å². The number of hydrogen-bond acceptors (Lipinski definition) is 4. The molecule has 124 valence electrons. The van der Waals surface area contributed by atoms with Crippen molar-refractivity contribution in [3.05, 3.63) is 64.7 Å². The molecule has 0 spiro atoms. The van der Waals surface area contributed by atoms with Crippen molar-refractivity contribution in [3.63, 3.8) is 0 Å². The molecule has 0 aliphatic carbocycles. The number of rotatable bonds is 5. The van der Waals surface area contributed by atoms with Crippen LogP contribution in [0.4, 0.5) is 4.79 Å². The monoisotopic (exact) mass is 341 g/mol. The quantitative estimate of drug-likeness (QED) is 0.775. The second-order valence-corrected chi connectivity index (χ2v) is 6.41. The van der Waals surface area contributed by atoms with Crippen molar-refractivity contribution >= 4 is 17.4 Å². The molecular formula is C17H19N5OS. The molecule has 24 heavy (non-hydrogen) atoms. The fourth-order valence-electron chi connectivity index (χ4n) is 2.30. The lowest BCUT2D eigenvalue weighted by atomic mass is 10.2. The summed E-state index contributed by atoms with van der Waals surface area (Å²) in [5.74, 6) is 0.729. The zero-order valence-corrected chi connectivity index (χ0v) is 14.4. The van der Waals surface area contributed by atoms with E-state index in [9.17, 15) is 4.79 Å². The Morgan fingerprint density at radius 2 is 2.25 bits per heavy atom. The molecule has 3 aromatic rings. The lowest BCUT2D eigenvalue weighted by Crippen LogP contribution is -2.38. The zero-order valence-electron chi connectivity index (χ0n) is 13.6. The minimum absolute atomic E-state index is 0.0436. The van der Waals surface area contributed by atoms with E-state index in [1.807, 2.05) is 48.8 Å². The molecule has 0 aromatic carbocycles. The molecule has 0 aliphatic heterocycles. The highest BCUT2D eigenvalue weighted by Crippen LogP contribution is 2.23. The van der Waals surface area contributed by atoms with Crippen LogP contribution in [0.2, 0.25) is 0 Å². The average Bonchev–Trinajstić information content (AvgIpc) is 3.32. The molecule has 7 heteroatoms. The van der Waals surface area contributed by atoms with E-state index in [0.717, 1.165) is 16.3 Å². The number of nitrogens with one attached hydrogen (secondary N) is 1. The number of hydrogen-bond donors (Lipinski definition) is 1. The van der Waals surface area contributed by atoms with Gasteiger partial charge in [-0.25, -0.2) is 14.5 Å². The largest absolute Gasteiger partial charge is 0.334 e. The first-order valence-corrected chi connectivity index (χ1v) is 8.52. The SMILES string of the molecule is CC(c1cccs1)N(C)C(=O)NCc1ccnc(-n2cccn2)c1. The van der Waals surface area contributed by atoms with Gasteiger partial charge in [0.15, 0.2) is 5.82 Å². The summed E-state index contributed by atoms with van der Waals surface area (Å²) in [6.45, 7) is 2.46. The van der Waals surface area contributed by atoms with Gasteiger partial charge >= 0.3 is 6.03 Å². The summed E-state index contributed by atoms with van der Waals surface area (Å²) in [6, 6.07) is 9.62. The number of nitrogens with zero attached hydrogens (tertiary/aromatic N) is 4. The summed E-state index contributed by atoms with van der Waals surface area (Å²) in [5.41, 5.74) is 0.973. The van der Waals surface area contributed by atoms with E-state index in [1.165, 1.54) is 0 Å². The molecule has 0 fully saturated rings. The normalized spacial score (nSPS) is 11.9. The van der Waals surface area contributed by atoms with Crippen LogP contribution in [-0.4, -0.2) is 32.7 Å². The Kier molecular flexibility index (Phi) is 4.90. The summed E-state index contributed by atoms with van der Waals surface area (Å²) in [7, 11) is 1.81. The van der Waals surface area contributed by atoms with Crippen molar-refractivity contribution in [2.75, 3.05) is 7.05 Å². The number of carbonyl (C=O) groups is 1. The Morgan fingerprint density at radius 1 is 1.38 bits per heavy atom. The number of urea groups is 1. The molecule has 1 atom stereocenters. The third kappa shape index (κ3) is 3.62. The number of amides is 2. The third-order valence-electron chi connectivity index (χ3n) is 3.85.